The van der Waals surface area contributed by atoms with E-state index < -0.39 is 23.7 Å². The average Bonchev–Trinajstić information content (AvgIpc) is 2.73. The molecule has 1 atom stereocenters. The van der Waals surface area contributed by atoms with Crippen molar-refractivity contribution in [3.05, 3.63) is 99.8 Å². The number of rotatable bonds is 7. The number of nitrogens with one attached hydrogen (secondary N) is 1. The van der Waals surface area contributed by atoms with Crippen molar-refractivity contribution in [1.29, 1.82) is 0 Å². The largest absolute Gasteiger partial charge is 0.488 e. The molecule has 3 aromatic carbocycles. The molecule has 0 radical (unpaired) electrons. The zero-order valence-electron chi connectivity index (χ0n) is 16.1. The second-order valence-electron chi connectivity index (χ2n) is 6.61. The lowest BCUT2D eigenvalue weighted by Crippen LogP contribution is -2.28. The zero-order valence-corrected chi connectivity index (χ0v) is 16.8. The van der Waals surface area contributed by atoms with Gasteiger partial charge in [0.05, 0.1) is 17.2 Å². The quantitative estimate of drug-likeness (QED) is 0.540. The van der Waals surface area contributed by atoms with Gasteiger partial charge < -0.3 is 15.2 Å². The third-order valence-electron chi connectivity index (χ3n) is 4.53. The number of hydrogen-bond donors (Lipinski definition) is 2. The molecule has 0 saturated heterocycles. The first-order chi connectivity index (χ1) is 14.4. The number of halogens is 2. The first-order valence-electron chi connectivity index (χ1n) is 9.15. The Bertz CT molecular complexity index is 1090. The van der Waals surface area contributed by atoms with Gasteiger partial charge >= 0.3 is 5.97 Å². The van der Waals surface area contributed by atoms with Gasteiger partial charge in [-0.2, -0.15) is 0 Å². The molecule has 0 fully saturated rings. The van der Waals surface area contributed by atoms with E-state index in [1.54, 1.807) is 49.4 Å². The van der Waals surface area contributed by atoms with Gasteiger partial charge in [-0.1, -0.05) is 48.0 Å². The van der Waals surface area contributed by atoms with Gasteiger partial charge in [-0.3, -0.25) is 4.79 Å². The van der Waals surface area contributed by atoms with Gasteiger partial charge in [0.2, 0.25) is 0 Å². The molecule has 7 heteroatoms. The fourth-order valence-electron chi connectivity index (χ4n) is 3.00. The van der Waals surface area contributed by atoms with Crippen LogP contribution in [0.15, 0.2) is 66.7 Å². The molecular weight excluding hydrogens is 409 g/mol. The lowest BCUT2D eigenvalue weighted by atomic mass is 10.0. The van der Waals surface area contributed by atoms with Crippen molar-refractivity contribution < 1.29 is 23.8 Å². The summed E-state index contributed by atoms with van der Waals surface area (Å²) in [7, 11) is 0. The molecule has 2 N–H and O–H groups in total. The maximum atomic E-state index is 13.9. The van der Waals surface area contributed by atoms with Crippen LogP contribution in [0.3, 0.4) is 0 Å². The molecule has 3 rings (SSSR count). The van der Waals surface area contributed by atoms with Gasteiger partial charge in [0, 0.05) is 10.6 Å². The highest BCUT2D eigenvalue weighted by molar-refractivity contribution is 6.31. The minimum Gasteiger partial charge on any atom is -0.488 e. The predicted octanol–water partition coefficient (Wildman–Crippen LogP) is 5.25. The first kappa shape index (κ1) is 21.3. The normalized spacial score (nSPS) is 11.6. The van der Waals surface area contributed by atoms with Crippen molar-refractivity contribution in [3.63, 3.8) is 0 Å². The molecule has 0 aliphatic carbocycles. The lowest BCUT2D eigenvalue weighted by molar-refractivity contribution is 0.0693. The van der Waals surface area contributed by atoms with Crippen LogP contribution in [0.1, 0.15) is 44.8 Å². The summed E-state index contributed by atoms with van der Waals surface area (Å²) in [6.07, 6.45) is 0. The van der Waals surface area contributed by atoms with E-state index in [0.717, 1.165) is 0 Å². The van der Waals surface area contributed by atoms with E-state index in [-0.39, 0.29) is 23.5 Å². The van der Waals surface area contributed by atoms with Gasteiger partial charge in [-0.15, -0.1) is 0 Å². The van der Waals surface area contributed by atoms with Gasteiger partial charge in [-0.25, -0.2) is 9.18 Å². The van der Waals surface area contributed by atoms with Crippen molar-refractivity contribution in [2.75, 3.05) is 0 Å². The fourth-order valence-corrected chi connectivity index (χ4v) is 3.17. The Morgan fingerprint density at radius 3 is 2.50 bits per heavy atom. The number of benzene rings is 3. The Labute approximate surface area is 178 Å². The number of hydrogen-bond acceptors (Lipinski definition) is 3. The smallest absolute Gasteiger partial charge is 0.336 e. The van der Waals surface area contributed by atoms with Crippen LogP contribution in [-0.2, 0) is 6.61 Å². The maximum Gasteiger partial charge on any atom is 0.336 e. The van der Waals surface area contributed by atoms with Crippen LogP contribution < -0.4 is 10.1 Å². The molecule has 0 aromatic heterocycles. The Balaban J connectivity index is 1.81. The maximum absolute atomic E-state index is 13.9. The highest BCUT2D eigenvalue weighted by Crippen LogP contribution is 2.26. The molecule has 30 heavy (non-hydrogen) atoms. The summed E-state index contributed by atoms with van der Waals surface area (Å²) < 4.78 is 19.5. The molecule has 0 spiro atoms. The van der Waals surface area contributed by atoms with Crippen LogP contribution >= 0.6 is 11.6 Å². The van der Waals surface area contributed by atoms with Crippen molar-refractivity contribution in [2.24, 2.45) is 0 Å². The second kappa shape index (κ2) is 9.41. The molecular formula is C23H19ClFNO4. The molecule has 0 aliphatic heterocycles. The summed E-state index contributed by atoms with van der Waals surface area (Å²) in [4.78, 5) is 24.3. The van der Waals surface area contributed by atoms with Crippen molar-refractivity contribution in [2.45, 2.75) is 19.6 Å². The topological polar surface area (TPSA) is 75.6 Å². The van der Waals surface area contributed by atoms with E-state index in [1.807, 2.05) is 0 Å². The van der Waals surface area contributed by atoms with Gasteiger partial charge in [0.25, 0.3) is 5.91 Å². The summed E-state index contributed by atoms with van der Waals surface area (Å²) in [5.41, 5.74) is 1.09. The number of carboxylic acid groups (broad SMARTS) is 1. The second-order valence-corrected chi connectivity index (χ2v) is 7.04. The molecule has 154 valence electrons. The molecule has 0 unspecified atom stereocenters. The predicted molar refractivity (Wildman–Crippen MR) is 111 cm³/mol. The van der Waals surface area contributed by atoms with Crippen LogP contribution in [-0.4, -0.2) is 17.0 Å². The standard InChI is InChI=1S/C23H19ClFNO4/c1-14(17-7-3-4-8-18(17)23(28)29)26-22(27)19-12-16(24)10-11-21(19)30-13-15-6-2-5-9-20(15)25/h2-12,14H,13H2,1H3,(H,26,27)(H,28,29)/t14-/m0/s1. The van der Waals surface area contributed by atoms with Crippen LogP contribution in [0.2, 0.25) is 5.02 Å². The SMILES string of the molecule is C[C@H](NC(=O)c1cc(Cl)ccc1OCc1ccccc1F)c1ccccc1C(=O)O. The van der Waals surface area contributed by atoms with Crippen LogP contribution in [0.4, 0.5) is 4.39 Å². The summed E-state index contributed by atoms with van der Waals surface area (Å²) in [6, 6.07) is 16.6. The number of aromatic carboxylic acids is 1. The van der Waals surface area contributed by atoms with E-state index in [1.165, 1.54) is 24.3 Å². The van der Waals surface area contributed by atoms with Crippen molar-refractivity contribution in [3.8, 4) is 5.75 Å². The first-order valence-corrected chi connectivity index (χ1v) is 9.53. The van der Waals surface area contributed by atoms with Gasteiger partial charge in [-0.05, 0) is 42.8 Å². The Kier molecular flexibility index (Phi) is 6.69. The van der Waals surface area contributed by atoms with Gasteiger partial charge in [0.1, 0.15) is 18.2 Å². The number of amides is 1. The lowest BCUT2D eigenvalue weighted by Gasteiger charge is -2.18. The van der Waals surface area contributed by atoms with E-state index in [0.29, 0.717) is 16.1 Å². The Morgan fingerprint density at radius 1 is 1.07 bits per heavy atom. The molecule has 0 heterocycles. The van der Waals surface area contributed by atoms with E-state index in [2.05, 4.69) is 5.32 Å². The monoisotopic (exact) mass is 427 g/mol. The minimum absolute atomic E-state index is 0.0635. The summed E-state index contributed by atoms with van der Waals surface area (Å²) in [5.74, 6) is -1.74. The van der Waals surface area contributed by atoms with Crippen LogP contribution in [0, 0.1) is 5.82 Å². The third kappa shape index (κ3) is 4.96. The van der Waals surface area contributed by atoms with Crippen molar-refractivity contribution >= 4 is 23.5 Å². The average molecular weight is 428 g/mol. The van der Waals surface area contributed by atoms with E-state index in [4.69, 9.17) is 16.3 Å². The number of carbonyl (C=O) groups excluding carboxylic acids is 1. The van der Waals surface area contributed by atoms with Crippen LogP contribution in [0.25, 0.3) is 0 Å². The van der Waals surface area contributed by atoms with Crippen LogP contribution in [0.5, 0.6) is 5.75 Å². The fraction of sp³-hybridized carbons (Fsp3) is 0.130. The summed E-state index contributed by atoms with van der Waals surface area (Å²) in [5, 5.41) is 12.5. The molecule has 0 saturated carbocycles. The number of carbonyl (C=O) groups is 2. The molecule has 1 amide bonds. The van der Waals surface area contributed by atoms with E-state index >= 15 is 0 Å². The Morgan fingerprint density at radius 2 is 1.77 bits per heavy atom. The number of ether oxygens (including phenoxy) is 1. The molecule has 3 aromatic rings. The number of carboxylic acids is 1. The molecule has 0 aliphatic rings. The third-order valence-corrected chi connectivity index (χ3v) is 4.77. The zero-order chi connectivity index (χ0) is 21.7. The highest BCUT2D eigenvalue weighted by atomic mass is 35.5. The Hall–Kier alpha value is -3.38. The van der Waals surface area contributed by atoms with Gasteiger partial charge in [0.15, 0.2) is 0 Å². The summed E-state index contributed by atoms with van der Waals surface area (Å²) in [6.45, 7) is 1.62. The minimum atomic E-state index is -1.08. The highest BCUT2D eigenvalue weighted by Gasteiger charge is 2.20. The van der Waals surface area contributed by atoms with E-state index in [9.17, 15) is 19.1 Å². The summed E-state index contributed by atoms with van der Waals surface area (Å²) >= 11 is 6.05. The molecule has 5 nitrogen and oxygen atoms in total. The molecule has 0 bridgehead atoms. The van der Waals surface area contributed by atoms with Crippen molar-refractivity contribution in [1.82, 2.24) is 5.32 Å².